The molecule has 0 unspecified atom stereocenters. The number of imidazole rings is 1. The lowest BCUT2D eigenvalue weighted by molar-refractivity contribution is 0.102. The molecule has 0 radical (unpaired) electrons. The van der Waals surface area contributed by atoms with Gasteiger partial charge in [0, 0.05) is 36.5 Å². The van der Waals surface area contributed by atoms with Gasteiger partial charge in [-0.1, -0.05) is 6.07 Å². The molecule has 0 aliphatic carbocycles. The van der Waals surface area contributed by atoms with Gasteiger partial charge in [0.2, 0.25) is 0 Å². The molecule has 0 spiro atoms. The molecule has 8 heteroatoms. The first-order valence-electron chi connectivity index (χ1n) is 11.1. The third-order valence-corrected chi connectivity index (χ3v) is 5.38. The summed E-state index contributed by atoms with van der Waals surface area (Å²) in [6, 6.07) is 18.2. The van der Waals surface area contributed by atoms with Crippen LogP contribution in [0.2, 0.25) is 0 Å². The van der Waals surface area contributed by atoms with E-state index in [9.17, 15) is 4.79 Å². The number of carbonyl (C=O) groups is 1. The zero-order valence-electron chi connectivity index (χ0n) is 19.1. The third kappa shape index (κ3) is 5.27. The molecule has 1 amide bonds. The number of carbonyl (C=O) groups excluding carboxylic acids is 1. The smallest absolute Gasteiger partial charge is 0.256 e. The number of amides is 1. The van der Waals surface area contributed by atoms with Gasteiger partial charge >= 0.3 is 0 Å². The maximum absolute atomic E-state index is 12.8. The van der Waals surface area contributed by atoms with E-state index in [1.54, 1.807) is 55.0 Å². The van der Waals surface area contributed by atoms with Crippen molar-refractivity contribution in [3.63, 3.8) is 0 Å². The van der Waals surface area contributed by atoms with Gasteiger partial charge in [0.05, 0.1) is 5.69 Å². The Bertz CT molecular complexity index is 1450. The molecule has 8 nitrogen and oxygen atoms in total. The summed E-state index contributed by atoms with van der Waals surface area (Å²) in [5.74, 6) is 1.20. The van der Waals surface area contributed by atoms with Crippen LogP contribution in [0, 0.1) is 6.92 Å². The maximum atomic E-state index is 12.8. The lowest BCUT2D eigenvalue weighted by Crippen LogP contribution is -2.14. The fourth-order valence-corrected chi connectivity index (χ4v) is 3.55. The van der Waals surface area contributed by atoms with Crippen molar-refractivity contribution in [2.24, 2.45) is 0 Å². The SMILES string of the molecule is Cc1cccn2cc(COc3ccc(C(=O)Nc4ncccc4OCc4ccncc4)cc3)nc12. The fourth-order valence-electron chi connectivity index (χ4n) is 3.55. The van der Waals surface area contributed by atoms with Gasteiger partial charge in [-0.25, -0.2) is 9.97 Å². The monoisotopic (exact) mass is 465 g/mol. The van der Waals surface area contributed by atoms with Gasteiger partial charge in [0.15, 0.2) is 11.6 Å². The van der Waals surface area contributed by atoms with Gasteiger partial charge in [0.1, 0.15) is 24.6 Å². The van der Waals surface area contributed by atoms with Gasteiger partial charge in [-0.3, -0.25) is 9.78 Å². The van der Waals surface area contributed by atoms with Gasteiger partial charge in [0.25, 0.3) is 5.91 Å². The highest BCUT2D eigenvalue weighted by Crippen LogP contribution is 2.23. The van der Waals surface area contributed by atoms with Crippen LogP contribution in [0.1, 0.15) is 27.2 Å². The van der Waals surface area contributed by atoms with Crippen molar-refractivity contribution in [3.8, 4) is 11.5 Å². The molecular weight excluding hydrogens is 442 g/mol. The molecule has 35 heavy (non-hydrogen) atoms. The third-order valence-electron chi connectivity index (χ3n) is 5.38. The highest BCUT2D eigenvalue weighted by Gasteiger charge is 2.12. The molecule has 5 aromatic rings. The second-order valence-corrected chi connectivity index (χ2v) is 7.92. The predicted octanol–water partition coefficient (Wildman–Crippen LogP) is 4.84. The molecule has 0 aliphatic heterocycles. The summed E-state index contributed by atoms with van der Waals surface area (Å²) in [7, 11) is 0. The summed E-state index contributed by atoms with van der Waals surface area (Å²) in [4.78, 5) is 25.7. The van der Waals surface area contributed by atoms with E-state index in [1.807, 2.05) is 48.0 Å². The summed E-state index contributed by atoms with van der Waals surface area (Å²) in [5.41, 5.74) is 4.29. The molecule has 4 aromatic heterocycles. The van der Waals surface area contributed by atoms with E-state index < -0.39 is 0 Å². The zero-order chi connectivity index (χ0) is 24.0. The number of nitrogens with zero attached hydrogens (tertiary/aromatic N) is 4. The normalized spacial score (nSPS) is 10.8. The van der Waals surface area contributed by atoms with Crippen LogP contribution < -0.4 is 14.8 Å². The number of fused-ring (bicyclic) bond motifs is 1. The number of ether oxygens (including phenoxy) is 2. The minimum Gasteiger partial charge on any atom is -0.487 e. The quantitative estimate of drug-likeness (QED) is 0.353. The second-order valence-electron chi connectivity index (χ2n) is 7.92. The van der Waals surface area contributed by atoms with E-state index >= 15 is 0 Å². The van der Waals surface area contributed by atoms with Crippen molar-refractivity contribution in [3.05, 3.63) is 114 Å². The van der Waals surface area contributed by atoms with E-state index in [-0.39, 0.29) is 5.91 Å². The van der Waals surface area contributed by atoms with Gasteiger partial charge < -0.3 is 19.2 Å². The Labute approximate surface area is 202 Å². The Hall–Kier alpha value is -4.72. The summed E-state index contributed by atoms with van der Waals surface area (Å²) in [5, 5.41) is 2.82. The molecule has 4 heterocycles. The minimum atomic E-state index is -0.292. The number of aromatic nitrogens is 4. The van der Waals surface area contributed by atoms with Crippen LogP contribution in [-0.2, 0) is 13.2 Å². The fraction of sp³-hybridized carbons (Fsp3) is 0.111. The van der Waals surface area contributed by atoms with Gasteiger partial charge in [-0.05, 0) is 72.6 Å². The number of anilines is 1. The first-order chi connectivity index (χ1) is 17.2. The topological polar surface area (TPSA) is 90.6 Å². The Morgan fingerprint density at radius 2 is 1.77 bits per heavy atom. The van der Waals surface area contributed by atoms with E-state index in [4.69, 9.17) is 9.47 Å². The maximum Gasteiger partial charge on any atom is 0.256 e. The second kappa shape index (κ2) is 10.0. The summed E-state index contributed by atoms with van der Waals surface area (Å²) in [6.07, 6.45) is 8.92. The number of aryl methyl sites for hydroxylation is 1. The van der Waals surface area contributed by atoms with E-state index in [0.717, 1.165) is 22.5 Å². The molecule has 0 bridgehead atoms. The number of pyridine rings is 3. The largest absolute Gasteiger partial charge is 0.487 e. The van der Waals surface area contributed by atoms with Crippen molar-refractivity contribution in [1.29, 1.82) is 0 Å². The van der Waals surface area contributed by atoms with Crippen molar-refractivity contribution in [2.45, 2.75) is 20.1 Å². The van der Waals surface area contributed by atoms with Crippen LogP contribution in [0.3, 0.4) is 0 Å². The minimum absolute atomic E-state index is 0.292. The Balaban J connectivity index is 1.20. The predicted molar refractivity (Wildman–Crippen MR) is 131 cm³/mol. The molecule has 0 saturated heterocycles. The number of hydrogen-bond donors (Lipinski definition) is 1. The van der Waals surface area contributed by atoms with Crippen molar-refractivity contribution >= 4 is 17.4 Å². The lowest BCUT2D eigenvalue weighted by atomic mass is 10.2. The van der Waals surface area contributed by atoms with Crippen LogP contribution in [0.25, 0.3) is 5.65 Å². The highest BCUT2D eigenvalue weighted by molar-refractivity contribution is 6.04. The summed E-state index contributed by atoms with van der Waals surface area (Å²) in [6.45, 7) is 2.70. The lowest BCUT2D eigenvalue weighted by Gasteiger charge is -2.12. The van der Waals surface area contributed by atoms with Crippen molar-refractivity contribution in [2.75, 3.05) is 5.32 Å². The Kier molecular flexibility index (Phi) is 6.34. The molecule has 1 N–H and O–H groups in total. The van der Waals surface area contributed by atoms with Crippen LogP contribution in [0.4, 0.5) is 5.82 Å². The van der Waals surface area contributed by atoms with E-state index in [1.165, 1.54) is 0 Å². The zero-order valence-corrected chi connectivity index (χ0v) is 19.1. The van der Waals surface area contributed by atoms with Crippen LogP contribution >= 0.6 is 0 Å². The first kappa shape index (κ1) is 22.1. The molecule has 174 valence electrons. The molecule has 0 atom stereocenters. The number of hydrogen-bond acceptors (Lipinski definition) is 6. The molecule has 0 fully saturated rings. The van der Waals surface area contributed by atoms with Crippen LogP contribution in [-0.4, -0.2) is 25.3 Å². The number of rotatable bonds is 8. The molecule has 5 rings (SSSR count). The standard InChI is InChI=1S/C27H23N5O3/c1-19-4-3-15-32-16-22(30-26(19)32)18-34-23-8-6-21(7-9-23)27(33)31-25-24(5-2-12-29-25)35-17-20-10-13-28-14-11-20/h2-16H,17-18H2,1H3,(H,29,31,33). The molecule has 0 aliphatic rings. The Morgan fingerprint density at radius 1 is 0.943 bits per heavy atom. The summed E-state index contributed by atoms with van der Waals surface area (Å²) >= 11 is 0. The van der Waals surface area contributed by atoms with E-state index in [0.29, 0.717) is 36.1 Å². The van der Waals surface area contributed by atoms with Crippen LogP contribution in [0.5, 0.6) is 11.5 Å². The molecular formula is C27H23N5O3. The molecule has 0 saturated carbocycles. The number of benzene rings is 1. The van der Waals surface area contributed by atoms with Crippen molar-refractivity contribution < 1.29 is 14.3 Å². The van der Waals surface area contributed by atoms with Crippen LogP contribution in [0.15, 0.2) is 91.6 Å². The highest BCUT2D eigenvalue weighted by atomic mass is 16.5. The number of nitrogens with one attached hydrogen (secondary N) is 1. The average molecular weight is 466 g/mol. The molecule has 1 aromatic carbocycles. The van der Waals surface area contributed by atoms with Gasteiger partial charge in [-0.15, -0.1) is 0 Å². The summed E-state index contributed by atoms with van der Waals surface area (Å²) < 4.78 is 13.7. The van der Waals surface area contributed by atoms with Gasteiger partial charge in [-0.2, -0.15) is 0 Å². The average Bonchev–Trinajstić information content (AvgIpc) is 3.32. The Morgan fingerprint density at radius 3 is 2.57 bits per heavy atom. The first-order valence-corrected chi connectivity index (χ1v) is 11.1. The van der Waals surface area contributed by atoms with Crippen molar-refractivity contribution in [1.82, 2.24) is 19.4 Å². The van der Waals surface area contributed by atoms with E-state index in [2.05, 4.69) is 20.3 Å².